The smallest absolute Gasteiger partial charge is 0.394 e. The normalized spacial score (nSPS) is 15.8. The maximum absolute atomic E-state index is 13.6. The molecule has 0 bridgehead atoms. The molecule has 1 unspecified atom stereocenters. The summed E-state index contributed by atoms with van der Waals surface area (Å²) in [5, 5.41) is 0. The van der Waals surface area contributed by atoms with Gasteiger partial charge in [0.25, 0.3) is 5.91 Å². The number of ether oxygens (including phenoxy) is 1. The van der Waals surface area contributed by atoms with Gasteiger partial charge >= 0.3 is 6.11 Å². The fourth-order valence-electron chi connectivity index (χ4n) is 4.40. The molecule has 1 heterocycles. The fraction of sp³-hybridized carbons (Fsp3) is 0.259. The van der Waals surface area contributed by atoms with Crippen molar-refractivity contribution in [1.29, 1.82) is 0 Å². The Bertz CT molecular complexity index is 1450. The molecule has 194 valence electrons. The standard InChI is InChI=1S/C27H26F2N2O5S/c1-17-16-30(26(33)20-5-10-22(11-6-20)36-27(3,28)29)25-15-21(9-14-24(25)31(17)18(2)32)19-7-12-23(13-8-19)37(4,34)35/h5-15,17H,16H2,1-4H3. The summed E-state index contributed by atoms with van der Waals surface area (Å²) in [5.41, 5.74) is 2.79. The van der Waals surface area contributed by atoms with Crippen LogP contribution in [0.2, 0.25) is 0 Å². The van der Waals surface area contributed by atoms with E-state index in [1.54, 1.807) is 34.1 Å². The van der Waals surface area contributed by atoms with Crippen LogP contribution in [0.5, 0.6) is 5.75 Å². The molecular formula is C27H26F2N2O5S. The minimum atomic E-state index is -3.35. The zero-order chi connectivity index (χ0) is 27.1. The molecule has 4 rings (SSSR count). The molecule has 3 aromatic carbocycles. The molecule has 3 aromatic rings. The number of carbonyl (C=O) groups is 2. The fourth-order valence-corrected chi connectivity index (χ4v) is 5.03. The van der Waals surface area contributed by atoms with Crippen molar-refractivity contribution < 1.29 is 31.5 Å². The van der Waals surface area contributed by atoms with Crippen molar-refractivity contribution in [3.8, 4) is 16.9 Å². The van der Waals surface area contributed by atoms with E-state index in [1.165, 1.54) is 43.3 Å². The second kappa shape index (κ2) is 9.59. The third kappa shape index (κ3) is 5.64. The highest BCUT2D eigenvalue weighted by atomic mass is 32.2. The van der Waals surface area contributed by atoms with E-state index in [0.29, 0.717) is 18.3 Å². The van der Waals surface area contributed by atoms with E-state index >= 15 is 0 Å². The molecule has 0 saturated carbocycles. The minimum Gasteiger partial charge on any atom is -0.433 e. The molecule has 1 atom stereocenters. The lowest BCUT2D eigenvalue weighted by Gasteiger charge is -2.41. The molecule has 0 aromatic heterocycles. The van der Waals surface area contributed by atoms with Gasteiger partial charge in [0.05, 0.1) is 22.3 Å². The van der Waals surface area contributed by atoms with Gasteiger partial charge in [-0.05, 0) is 66.6 Å². The predicted molar refractivity (Wildman–Crippen MR) is 137 cm³/mol. The van der Waals surface area contributed by atoms with Crippen LogP contribution in [-0.4, -0.2) is 45.2 Å². The number of hydrogen-bond donors (Lipinski definition) is 0. The number of halogens is 2. The second-order valence-electron chi connectivity index (χ2n) is 9.09. The van der Waals surface area contributed by atoms with Crippen LogP contribution in [0, 0.1) is 0 Å². The summed E-state index contributed by atoms with van der Waals surface area (Å²) in [5.74, 6) is -0.608. The van der Waals surface area contributed by atoms with E-state index < -0.39 is 15.9 Å². The Hall–Kier alpha value is -3.79. The summed E-state index contributed by atoms with van der Waals surface area (Å²) in [7, 11) is -3.35. The van der Waals surface area contributed by atoms with E-state index in [1.807, 2.05) is 13.0 Å². The molecule has 0 aliphatic carbocycles. The van der Waals surface area contributed by atoms with Crippen LogP contribution in [0.4, 0.5) is 20.2 Å². The van der Waals surface area contributed by atoms with Crippen molar-refractivity contribution in [2.24, 2.45) is 0 Å². The van der Waals surface area contributed by atoms with Gasteiger partial charge < -0.3 is 14.5 Å². The van der Waals surface area contributed by atoms with Gasteiger partial charge in [-0.3, -0.25) is 9.59 Å². The first-order valence-corrected chi connectivity index (χ1v) is 13.4. The van der Waals surface area contributed by atoms with Crippen molar-refractivity contribution in [2.45, 2.75) is 37.8 Å². The van der Waals surface area contributed by atoms with Gasteiger partial charge in [0.15, 0.2) is 9.84 Å². The lowest BCUT2D eigenvalue weighted by molar-refractivity contribution is -0.158. The molecule has 2 amide bonds. The Kier molecular flexibility index (Phi) is 6.81. The minimum absolute atomic E-state index is 0.0703. The zero-order valence-electron chi connectivity index (χ0n) is 20.7. The molecular weight excluding hydrogens is 502 g/mol. The molecule has 0 radical (unpaired) electrons. The monoisotopic (exact) mass is 528 g/mol. The third-order valence-electron chi connectivity index (χ3n) is 6.01. The second-order valence-corrected chi connectivity index (χ2v) is 11.1. The summed E-state index contributed by atoms with van der Waals surface area (Å²) in [6.45, 7) is 4.14. The average Bonchev–Trinajstić information content (AvgIpc) is 2.81. The van der Waals surface area contributed by atoms with E-state index in [0.717, 1.165) is 17.4 Å². The number of nitrogens with zero attached hydrogens (tertiary/aromatic N) is 2. The van der Waals surface area contributed by atoms with Gasteiger partial charge in [-0.1, -0.05) is 18.2 Å². The number of rotatable bonds is 5. The van der Waals surface area contributed by atoms with Crippen molar-refractivity contribution in [1.82, 2.24) is 0 Å². The SMILES string of the molecule is CC(=O)N1c2ccc(-c3ccc(S(C)(=O)=O)cc3)cc2N(C(=O)c2ccc(OC(C)(F)F)cc2)CC1C. The van der Waals surface area contributed by atoms with E-state index in [9.17, 15) is 26.8 Å². The number of anilines is 2. The highest BCUT2D eigenvalue weighted by Crippen LogP contribution is 2.40. The van der Waals surface area contributed by atoms with Crippen molar-refractivity contribution in [2.75, 3.05) is 22.6 Å². The summed E-state index contributed by atoms with van der Waals surface area (Å²) in [6.07, 6.45) is -2.22. The average molecular weight is 529 g/mol. The Morgan fingerprint density at radius 2 is 1.54 bits per heavy atom. The number of amides is 2. The zero-order valence-corrected chi connectivity index (χ0v) is 21.6. The maximum atomic E-state index is 13.6. The third-order valence-corrected chi connectivity index (χ3v) is 7.14. The van der Waals surface area contributed by atoms with Gasteiger partial charge in [-0.25, -0.2) is 8.42 Å². The largest absolute Gasteiger partial charge is 0.433 e. The Labute approximate surface area is 214 Å². The lowest BCUT2D eigenvalue weighted by Crippen LogP contribution is -2.51. The molecule has 0 saturated heterocycles. The first-order valence-electron chi connectivity index (χ1n) is 11.5. The van der Waals surface area contributed by atoms with Crippen LogP contribution in [0.3, 0.4) is 0 Å². The summed E-state index contributed by atoms with van der Waals surface area (Å²) >= 11 is 0. The number of alkyl halides is 2. The molecule has 10 heteroatoms. The molecule has 37 heavy (non-hydrogen) atoms. The topological polar surface area (TPSA) is 84.0 Å². The summed E-state index contributed by atoms with van der Waals surface area (Å²) in [4.78, 5) is 29.4. The number of carbonyl (C=O) groups excluding carboxylic acids is 2. The number of hydrogen-bond acceptors (Lipinski definition) is 5. The molecule has 0 spiro atoms. The molecule has 1 aliphatic heterocycles. The van der Waals surface area contributed by atoms with Crippen LogP contribution in [0.15, 0.2) is 71.6 Å². The van der Waals surface area contributed by atoms with Gasteiger partial charge in [-0.2, -0.15) is 8.78 Å². The Morgan fingerprint density at radius 1 is 0.946 bits per heavy atom. The molecule has 0 N–H and O–H groups in total. The van der Waals surface area contributed by atoms with E-state index in [4.69, 9.17) is 0 Å². The highest BCUT2D eigenvalue weighted by Gasteiger charge is 2.34. The summed E-state index contributed by atoms with van der Waals surface area (Å²) < 4.78 is 54.5. The van der Waals surface area contributed by atoms with Gasteiger partial charge in [0.1, 0.15) is 5.75 Å². The van der Waals surface area contributed by atoms with Crippen LogP contribution in [-0.2, 0) is 14.6 Å². The van der Waals surface area contributed by atoms with Gasteiger partial charge in [-0.15, -0.1) is 0 Å². The predicted octanol–water partition coefficient (Wildman–Crippen LogP) is 5.15. The first-order chi connectivity index (χ1) is 17.2. The maximum Gasteiger partial charge on any atom is 0.394 e. The number of sulfone groups is 1. The summed E-state index contributed by atoms with van der Waals surface area (Å²) in [6, 6.07) is 16.9. The van der Waals surface area contributed by atoms with Gasteiger partial charge in [0.2, 0.25) is 5.91 Å². The van der Waals surface area contributed by atoms with Crippen molar-refractivity contribution in [3.63, 3.8) is 0 Å². The van der Waals surface area contributed by atoms with Crippen LogP contribution < -0.4 is 14.5 Å². The van der Waals surface area contributed by atoms with Gasteiger partial charge in [0, 0.05) is 32.2 Å². The van der Waals surface area contributed by atoms with E-state index in [-0.39, 0.29) is 40.6 Å². The first kappa shape index (κ1) is 26.3. The highest BCUT2D eigenvalue weighted by molar-refractivity contribution is 7.90. The Balaban J connectivity index is 1.74. The lowest BCUT2D eigenvalue weighted by atomic mass is 10.00. The quantitative estimate of drug-likeness (QED) is 0.457. The van der Waals surface area contributed by atoms with Crippen LogP contribution >= 0.6 is 0 Å². The Morgan fingerprint density at radius 3 is 2.08 bits per heavy atom. The molecule has 1 aliphatic rings. The molecule has 7 nitrogen and oxygen atoms in total. The van der Waals surface area contributed by atoms with Crippen molar-refractivity contribution in [3.05, 3.63) is 72.3 Å². The van der Waals surface area contributed by atoms with E-state index in [2.05, 4.69) is 4.74 Å². The number of benzene rings is 3. The number of fused-ring (bicyclic) bond motifs is 1. The molecule has 0 fully saturated rings. The van der Waals surface area contributed by atoms with Crippen molar-refractivity contribution >= 4 is 33.0 Å². The van der Waals surface area contributed by atoms with Crippen LogP contribution in [0.25, 0.3) is 11.1 Å². The van der Waals surface area contributed by atoms with Crippen LogP contribution in [0.1, 0.15) is 31.1 Å².